The minimum Gasteiger partial charge on any atom is -0.402 e. The van der Waals surface area contributed by atoms with Crippen LogP contribution in [-0.4, -0.2) is 20.3 Å². The second-order valence-electron chi connectivity index (χ2n) is 6.27. The summed E-state index contributed by atoms with van der Waals surface area (Å²) >= 11 is 3.37. The molecular formula is C22H14BrNO5S. The molecule has 0 fully saturated rings. The molecule has 0 atom stereocenters. The van der Waals surface area contributed by atoms with Crippen molar-refractivity contribution >= 4 is 44.0 Å². The Labute approximate surface area is 181 Å². The van der Waals surface area contributed by atoms with Crippen molar-refractivity contribution in [1.29, 1.82) is 0 Å². The Morgan fingerprint density at radius 3 is 2.37 bits per heavy atom. The van der Waals surface area contributed by atoms with Gasteiger partial charge in [0.25, 0.3) is 0 Å². The smallest absolute Gasteiger partial charge is 0.363 e. The Morgan fingerprint density at radius 1 is 0.933 bits per heavy atom. The largest absolute Gasteiger partial charge is 0.402 e. The lowest BCUT2D eigenvalue weighted by molar-refractivity contribution is -0.129. The molecule has 0 spiro atoms. The van der Waals surface area contributed by atoms with Gasteiger partial charge in [-0.2, -0.15) is 8.42 Å². The lowest BCUT2D eigenvalue weighted by Gasteiger charge is -2.07. The standard InChI is InChI=1S/C22H14BrNO5S/c23-17-6-4-5-16(14-17)21-24-20(22(25)28-21)13-15-9-11-18(12-10-15)29-30(26,27)19-7-2-1-3-8-19/h1-14H. The first-order chi connectivity index (χ1) is 14.4. The number of cyclic esters (lactones) is 1. The lowest BCUT2D eigenvalue weighted by atomic mass is 10.2. The van der Waals surface area contributed by atoms with Crippen LogP contribution in [0.15, 0.2) is 98.9 Å². The fourth-order valence-electron chi connectivity index (χ4n) is 2.69. The van der Waals surface area contributed by atoms with Crippen LogP contribution in [0, 0.1) is 0 Å². The SMILES string of the molecule is O=C1OC(c2cccc(Br)c2)=NC1=Cc1ccc(OS(=O)(=O)c2ccccc2)cc1. The molecule has 0 N–H and O–H groups in total. The number of nitrogens with zero attached hydrogens (tertiary/aromatic N) is 1. The number of benzene rings is 3. The van der Waals surface area contributed by atoms with E-state index in [1.165, 1.54) is 24.3 Å². The predicted octanol–water partition coefficient (Wildman–Crippen LogP) is 4.56. The van der Waals surface area contributed by atoms with E-state index < -0.39 is 16.1 Å². The van der Waals surface area contributed by atoms with Gasteiger partial charge in [-0.15, -0.1) is 0 Å². The molecule has 0 unspecified atom stereocenters. The molecule has 0 radical (unpaired) electrons. The molecule has 0 aromatic heterocycles. The second-order valence-corrected chi connectivity index (χ2v) is 8.73. The van der Waals surface area contributed by atoms with Crippen molar-refractivity contribution < 1.29 is 22.1 Å². The molecule has 0 saturated carbocycles. The molecule has 1 aliphatic heterocycles. The quantitative estimate of drug-likeness (QED) is 0.301. The number of carbonyl (C=O) groups excluding carboxylic acids is 1. The highest BCUT2D eigenvalue weighted by Gasteiger charge is 2.24. The molecule has 150 valence electrons. The Bertz CT molecular complexity index is 1270. The van der Waals surface area contributed by atoms with Crippen molar-refractivity contribution in [2.24, 2.45) is 4.99 Å². The van der Waals surface area contributed by atoms with E-state index in [1.54, 1.807) is 48.5 Å². The third-order valence-electron chi connectivity index (χ3n) is 4.11. The zero-order chi connectivity index (χ0) is 21.1. The van der Waals surface area contributed by atoms with Gasteiger partial charge in [-0.05, 0) is 54.1 Å². The minimum absolute atomic E-state index is 0.0688. The van der Waals surface area contributed by atoms with Crippen molar-refractivity contribution in [1.82, 2.24) is 0 Å². The van der Waals surface area contributed by atoms with Gasteiger partial charge in [0.15, 0.2) is 5.70 Å². The third-order valence-corrected chi connectivity index (χ3v) is 5.87. The highest BCUT2D eigenvalue weighted by atomic mass is 79.9. The lowest BCUT2D eigenvalue weighted by Crippen LogP contribution is -2.09. The first kappa shape index (κ1) is 20.1. The predicted molar refractivity (Wildman–Crippen MR) is 115 cm³/mol. The molecule has 0 aliphatic carbocycles. The van der Waals surface area contributed by atoms with Gasteiger partial charge in [-0.3, -0.25) is 0 Å². The average Bonchev–Trinajstić information content (AvgIpc) is 3.10. The highest BCUT2D eigenvalue weighted by molar-refractivity contribution is 9.10. The molecule has 6 nitrogen and oxygen atoms in total. The normalized spacial score (nSPS) is 15.0. The van der Waals surface area contributed by atoms with E-state index in [4.69, 9.17) is 8.92 Å². The van der Waals surface area contributed by atoms with Gasteiger partial charge in [-0.1, -0.05) is 52.3 Å². The zero-order valence-corrected chi connectivity index (χ0v) is 17.8. The molecule has 1 heterocycles. The van der Waals surface area contributed by atoms with Crippen molar-refractivity contribution in [2.75, 3.05) is 0 Å². The summed E-state index contributed by atoms with van der Waals surface area (Å²) in [6.45, 7) is 0. The summed E-state index contributed by atoms with van der Waals surface area (Å²) in [5.74, 6) is -0.174. The summed E-state index contributed by atoms with van der Waals surface area (Å²) in [6, 6.07) is 21.4. The maximum absolute atomic E-state index is 12.3. The molecular weight excluding hydrogens is 470 g/mol. The fraction of sp³-hybridized carbons (Fsp3) is 0. The van der Waals surface area contributed by atoms with Crippen LogP contribution in [0.1, 0.15) is 11.1 Å². The molecule has 0 amide bonds. The summed E-state index contributed by atoms with van der Waals surface area (Å²) < 4.78 is 35.8. The number of esters is 1. The van der Waals surface area contributed by atoms with Crippen LogP contribution in [0.5, 0.6) is 5.75 Å². The maximum Gasteiger partial charge on any atom is 0.363 e. The third kappa shape index (κ3) is 4.50. The fourth-order valence-corrected chi connectivity index (χ4v) is 4.04. The summed E-state index contributed by atoms with van der Waals surface area (Å²) in [5, 5.41) is 0. The van der Waals surface area contributed by atoms with Gasteiger partial charge in [0.1, 0.15) is 10.6 Å². The minimum atomic E-state index is -3.91. The molecule has 8 heteroatoms. The first-order valence-corrected chi connectivity index (χ1v) is 11.0. The van der Waals surface area contributed by atoms with Gasteiger partial charge < -0.3 is 8.92 Å². The molecule has 0 saturated heterocycles. The van der Waals surface area contributed by atoms with Crippen molar-refractivity contribution in [3.8, 4) is 5.75 Å². The van der Waals surface area contributed by atoms with Crippen LogP contribution >= 0.6 is 15.9 Å². The van der Waals surface area contributed by atoms with Crippen LogP contribution in [0.2, 0.25) is 0 Å². The topological polar surface area (TPSA) is 82.0 Å². The van der Waals surface area contributed by atoms with E-state index in [0.29, 0.717) is 11.1 Å². The van der Waals surface area contributed by atoms with Gasteiger partial charge >= 0.3 is 16.1 Å². The van der Waals surface area contributed by atoms with Crippen LogP contribution in [0.25, 0.3) is 6.08 Å². The Kier molecular flexibility index (Phi) is 5.52. The summed E-state index contributed by atoms with van der Waals surface area (Å²) in [6.07, 6.45) is 1.56. The summed E-state index contributed by atoms with van der Waals surface area (Å²) in [7, 11) is -3.91. The number of carbonyl (C=O) groups is 1. The van der Waals surface area contributed by atoms with Gasteiger partial charge in [-0.25, -0.2) is 9.79 Å². The molecule has 0 bridgehead atoms. The van der Waals surface area contributed by atoms with Gasteiger partial charge in [0.05, 0.1) is 0 Å². The van der Waals surface area contributed by atoms with Crippen LogP contribution in [-0.2, 0) is 19.6 Å². The molecule has 4 rings (SSSR count). The van der Waals surface area contributed by atoms with Crippen LogP contribution in [0.3, 0.4) is 0 Å². The summed E-state index contributed by atoms with van der Waals surface area (Å²) in [4.78, 5) is 16.5. The number of ether oxygens (including phenoxy) is 1. The van der Waals surface area contributed by atoms with E-state index in [9.17, 15) is 13.2 Å². The Balaban J connectivity index is 1.53. The van der Waals surface area contributed by atoms with E-state index in [0.717, 1.165) is 4.47 Å². The Morgan fingerprint density at radius 2 is 1.67 bits per heavy atom. The molecule has 3 aromatic rings. The van der Waals surface area contributed by atoms with Crippen molar-refractivity contribution in [2.45, 2.75) is 4.90 Å². The van der Waals surface area contributed by atoms with Crippen LogP contribution in [0.4, 0.5) is 0 Å². The van der Waals surface area contributed by atoms with E-state index in [2.05, 4.69) is 20.9 Å². The average molecular weight is 484 g/mol. The maximum atomic E-state index is 12.3. The zero-order valence-electron chi connectivity index (χ0n) is 15.4. The molecule has 1 aliphatic rings. The number of hydrogen-bond acceptors (Lipinski definition) is 6. The molecule has 3 aromatic carbocycles. The second kappa shape index (κ2) is 8.25. The van der Waals surface area contributed by atoms with Crippen molar-refractivity contribution in [3.05, 3.63) is 100 Å². The molecule has 30 heavy (non-hydrogen) atoms. The number of hydrogen-bond donors (Lipinski definition) is 0. The van der Waals surface area contributed by atoms with E-state index >= 15 is 0 Å². The highest BCUT2D eigenvalue weighted by Crippen LogP contribution is 2.23. The number of aliphatic imine (C=N–C) groups is 1. The van der Waals surface area contributed by atoms with E-state index in [1.807, 2.05) is 12.1 Å². The van der Waals surface area contributed by atoms with Crippen molar-refractivity contribution in [3.63, 3.8) is 0 Å². The van der Waals surface area contributed by atoms with Crippen LogP contribution < -0.4 is 4.18 Å². The first-order valence-electron chi connectivity index (χ1n) is 8.79. The monoisotopic (exact) mass is 483 g/mol. The van der Waals surface area contributed by atoms with E-state index in [-0.39, 0.29) is 22.2 Å². The Hall–Kier alpha value is -3.23. The number of halogens is 1. The van der Waals surface area contributed by atoms with Gasteiger partial charge in [0.2, 0.25) is 5.90 Å². The number of rotatable bonds is 5. The summed E-state index contributed by atoms with van der Waals surface area (Å²) in [5.41, 5.74) is 1.47. The van der Waals surface area contributed by atoms with Gasteiger partial charge in [0, 0.05) is 10.0 Å².